The molecule has 0 aromatic heterocycles. The van der Waals surface area contributed by atoms with E-state index in [0.717, 1.165) is 22.1 Å². The van der Waals surface area contributed by atoms with E-state index in [1.54, 1.807) is 13.2 Å². The molecule has 2 aromatic rings. The standard InChI is InChI=1S/C16H20O2/c1-10-8-11-12(16(2,3)4)6-7-14(18-5)15(11)13(17)9-10/h6-9,17H,1-5H3. The average Bonchev–Trinajstić information content (AvgIpc) is 2.25. The molecule has 0 amide bonds. The molecule has 18 heavy (non-hydrogen) atoms. The molecule has 0 spiro atoms. The zero-order valence-corrected chi connectivity index (χ0v) is 11.7. The van der Waals surface area contributed by atoms with Gasteiger partial charge in [0.05, 0.1) is 12.5 Å². The molecule has 2 nitrogen and oxygen atoms in total. The minimum atomic E-state index is 0.0325. The zero-order valence-electron chi connectivity index (χ0n) is 11.7. The number of fused-ring (bicyclic) bond motifs is 1. The van der Waals surface area contributed by atoms with Gasteiger partial charge in [-0.1, -0.05) is 32.9 Å². The van der Waals surface area contributed by atoms with Gasteiger partial charge in [0.1, 0.15) is 11.5 Å². The van der Waals surface area contributed by atoms with Crippen LogP contribution in [-0.2, 0) is 5.41 Å². The van der Waals surface area contributed by atoms with E-state index < -0.39 is 0 Å². The Bertz CT molecular complexity index is 592. The number of phenolic OH excluding ortho intramolecular Hbond substituents is 1. The minimum absolute atomic E-state index is 0.0325. The summed E-state index contributed by atoms with van der Waals surface area (Å²) in [6, 6.07) is 7.90. The number of hydrogen-bond acceptors (Lipinski definition) is 2. The molecule has 0 aliphatic heterocycles. The number of benzene rings is 2. The highest BCUT2D eigenvalue weighted by molar-refractivity contribution is 5.97. The molecule has 0 saturated carbocycles. The van der Waals surface area contributed by atoms with E-state index in [2.05, 4.69) is 32.9 Å². The van der Waals surface area contributed by atoms with Crippen LogP contribution < -0.4 is 4.74 Å². The van der Waals surface area contributed by atoms with Crippen LogP contribution >= 0.6 is 0 Å². The Hall–Kier alpha value is -1.70. The third kappa shape index (κ3) is 2.03. The summed E-state index contributed by atoms with van der Waals surface area (Å²) < 4.78 is 5.36. The van der Waals surface area contributed by atoms with Crippen molar-refractivity contribution in [3.8, 4) is 11.5 Å². The molecule has 0 saturated heterocycles. The highest BCUT2D eigenvalue weighted by Gasteiger charge is 2.20. The molecule has 2 aromatic carbocycles. The first-order valence-corrected chi connectivity index (χ1v) is 6.15. The fraction of sp³-hybridized carbons (Fsp3) is 0.375. The molecule has 2 heteroatoms. The van der Waals surface area contributed by atoms with Gasteiger partial charge >= 0.3 is 0 Å². The predicted molar refractivity (Wildman–Crippen MR) is 75.6 cm³/mol. The van der Waals surface area contributed by atoms with Gasteiger partial charge in [0, 0.05) is 0 Å². The molecule has 1 N–H and O–H groups in total. The van der Waals surface area contributed by atoms with Crippen LogP contribution in [0.3, 0.4) is 0 Å². The first-order valence-electron chi connectivity index (χ1n) is 6.15. The lowest BCUT2D eigenvalue weighted by molar-refractivity contribution is 0.415. The molecule has 0 fully saturated rings. The van der Waals surface area contributed by atoms with Crippen LogP contribution in [0.4, 0.5) is 0 Å². The van der Waals surface area contributed by atoms with Gasteiger partial charge in [-0.3, -0.25) is 0 Å². The van der Waals surface area contributed by atoms with Gasteiger partial charge in [-0.15, -0.1) is 0 Å². The quantitative estimate of drug-likeness (QED) is 0.816. The molecule has 0 radical (unpaired) electrons. The van der Waals surface area contributed by atoms with Gasteiger partial charge < -0.3 is 9.84 Å². The molecule has 0 aliphatic rings. The van der Waals surface area contributed by atoms with Crippen LogP contribution in [-0.4, -0.2) is 12.2 Å². The Labute approximate surface area is 108 Å². The predicted octanol–water partition coefficient (Wildman–Crippen LogP) is 4.16. The molecule has 96 valence electrons. The van der Waals surface area contributed by atoms with E-state index >= 15 is 0 Å². The second-order valence-corrected chi connectivity index (χ2v) is 5.77. The second kappa shape index (κ2) is 4.20. The molecular formula is C16H20O2. The van der Waals surface area contributed by atoms with Crippen molar-refractivity contribution in [2.45, 2.75) is 33.1 Å². The van der Waals surface area contributed by atoms with Gasteiger partial charge in [-0.05, 0) is 41.0 Å². The molecule has 0 bridgehead atoms. The summed E-state index contributed by atoms with van der Waals surface area (Å²) in [5.74, 6) is 1.00. The molecule has 0 heterocycles. The van der Waals surface area contributed by atoms with Crippen LogP contribution in [0.25, 0.3) is 10.8 Å². The van der Waals surface area contributed by atoms with Gasteiger partial charge in [0.25, 0.3) is 0 Å². The maximum absolute atomic E-state index is 10.2. The van der Waals surface area contributed by atoms with Crippen molar-refractivity contribution < 1.29 is 9.84 Å². The van der Waals surface area contributed by atoms with Crippen molar-refractivity contribution in [3.05, 3.63) is 35.4 Å². The third-order valence-electron chi connectivity index (χ3n) is 3.23. The fourth-order valence-electron chi connectivity index (χ4n) is 2.39. The van der Waals surface area contributed by atoms with Crippen LogP contribution in [0.1, 0.15) is 31.9 Å². The number of rotatable bonds is 1. The highest BCUT2D eigenvalue weighted by Crippen LogP contribution is 2.40. The number of methoxy groups -OCH3 is 1. The summed E-state index contributed by atoms with van der Waals surface area (Å²) >= 11 is 0. The Kier molecular flexibility index (Phi) is 2.97. The number of aryl methyl sites for hydroxylation is 1. The van der Waals surface area contributed by atoms with Crippen LogP contribution in [0.5, 0.6) is 11.5 Å². The number of aromatic hydroxyl groups is 1. The van der Waals surface area contributed by atoms with Crippen molar-refractivity contribution in [1.82, 2.24) is 0 Å². The summed E-state index contributed by atoms with van der Waals surface area (Å²) in [6.45, 7) is 8.51. The maximum Gasteiger partial charge on any atom is 0.130 e. The lowest BCUT2D eigenvalue weighted by Gasteiger charge is -2.23. The van der Waals surface area contributed by atoms with E-state index in [1.807, 2.05) is 13.0 Å². The van der Waals surface area contributed by atoms with E-state index in [0.29, 0.717) is 0 Å². The summed E-state index contributed by atoms with van der Waals surface area (Å²) in [4.78, 5) is 0. The monoisotopic (exact) mass is 244 g/mol. The summed E-state index contributed by atoms with van der Waals surface area (Å²) in [5, 5.41) is 12.0. The SMILES string of the molecule is COc1ccc(C(C)(C)C)c2cc(C)cc(O)c12. The zero-order chi connectivity index (χ0) is 13.5. The topological polar surface area (TPSA) is 29.5 Å². The Morgan fingerprint density at radius 2 is 1.78 bits per heavy atom. The van der Waals surface area contributed by atoms with Crippen molar-refractivity contribution >= 4 is 10.8 Å². The fourth-order valence-corrected chi connectivity index (χ4v) is 2.39. The largest absolute Gasteiger partial charge is 0.507 e. The Balaban J connectivity index is 2.93. The number of hydrogen-bond donors (Lipinski definition) is 1. The van der Waals surface area contributed by atoms with E-state index in [1.165, 1.54) is 5.56 Å². The van der Waals surface area contributed by atoms with Gasteiger partial charge in [0.15, 0.2) is 0 Å². The first-order chi connectivity index (χ1) is 8.34. The molecule has 0 atom stereocenters. The molecule has 0 aliphatic carbocycles. The number of ether oxygens (including phenoxy) is 1. The lowest BCUT2D eigenvalue weighted by atomic mass is 9.83. The lowest BCUT2D eigenvalue weighted by Crippen LogP contribution is -2.11. The van der Waals surface area contributed by atoms with E-state index in [-0.39, 0.29) is 11.2 Å². The summed E-state index contributed by atoms with van der Waals surface area (Å²) in [6.07, 6.45) is 0. The molecule has 0 unspecified atom stereocenters. The first kappa shape index (κ1) is 12.7. The van der Waals surface area contributed by atoms with Crippen LogP contribution in [0.15, 0.2) is 24.3 Å². The molecular weight excluding hydrogens is 224 g/mol. The van der Waals surface area contributed by atoms with Gasteiger partial charge in [0.2, 0.25) is 0 Å². The van der Waals surface area contributed by atoms with Crippen molar-refractivity contribution in [2.24, 2.45) is 0 Å². The Morgan fingerprint density at radius 3 is 2.33 bits per heavy atom. The second-order valence-electron chi connectivity index (χ2n) is 5.77. The Morgan fingerprint density at radius 1 is 1.11 bits per heavy atom. The summed E-state index contributed by atoms with van der Waals surface area (Å²) in [5.41, 5.74) is 2.31. The van der Waals surface area contributed by atoms with Crippen LogP contribution in [0, 0.1) is 6.92 Å². The maximum atomic E-state index is 10.2. The van der Waals surface area contributed by atoms with Crippen LogP contribution in [0.2, 0.25) is 0 Å². The van der Waals surface area contributed by atoms with E-state index in [9.17, 15) is 5.11 Å². The third-order valence-corrected chi connectivity index (χ3v) is 3.23. The minimum Gasteiger partial charge on any atom is -0.507 e. The molecule has 2 rings (SSSR count). The van der Waals surface area contributed by atoms with Gasteiger partial charge in [-0.25, -0.2) is 0 Å². The van der Waals surface area contributed by atoms with E-state index in [4.69, 9.17) is 4.74 Å². The van der Waals surface area contributed by atoms with Crippen molar-refractivity contribution in [2.75, 3.05) is 7.11 Å². The normalized spacial score (nSPS) is 11.8. The smallest absolute Gasteiger partial charge is 0.130 e. The van der Waals surface area contributed by atoms with Gasteiger partial charge in [-0.2, -0.15) is 0 Å². The highest BCUT2D eigenvalue weighted by atomic mass is 16.5. The van der Waals surface area contributed by atoms with Crippen molar-refractivity contribution in [3.63, 3.8) is 0 Å². The van der Waals surface area contributed by atoms with Crippen molar-refractivity contribution in [1.29, 1.82) is 0 Å². The number of phenols is 1. The average molecular weight is 244 g/mol. The summed E-state index contributed by atoms with van der Waals surface area (Å²) in [7, 11) is 1.63.